The first-order valence-corrected chi connectivity index (χ1v) is 12.9. The fourth-order valence-corrected chi connectivity index (χ4v) is 4.31. The van der Waals surface area contributed by atoms with Crippen LogP contribution in [0.3, 0.4) is 0 Å². The minimum Gasteiger partial charge on any atom is -0.467 e. The van der Waals surface area contributed by atoms with E-state index in [9.17, 15) is 14.0 Å². The molecule has 1 aliphatic heterocycles. The molecule has 0 N–H and O–H groups in total. The highest BCUT2D eigenvalue weighted by Gasteiger charge is 2.22. The molecular formula is C30H34FN3O4. The molecule has 3 aromatic rings. The van der Waals surface area contributed by atoms with Crippen molar-refractivity contribution in [1.29, 1.82) is 0 Å². The van der Waals surface area contributed by atoms with Crippen molar-refractivity contribution < 1.29 is 23.1 Å². The first kappa shape index (κ1) is 27.3. The second-order valence-corrected chi connectivity index (χ2v) is 9.27. The van der Waals surface area contributed by atoms with Gasteiger partial charge in [-0.05, 0) is 47.9 Å². The number of hydrogen-bond acceptors (Lipinski definition) is 5. The van der Waals surface area contributed by atoms with Gasteiger partial charge < -0.3 is 19.0 Å². The Labute approximate surface area is 223 Å². The summed E-state index contributed by atoms with van der Waals surface area (Å²) in [5, 5.41) is 0. The maximum absolute atomic E-state index is 13.6. The van der Waals surface area contributed by atoms with Crippen LogP contribution in [0.15, 0.2) is 83.5 Å². The second-order valence-electron chi connectivity index (χ2n) is 9.27. The average Bonchev–Trinajstić information content (AvgIpc) is 3.46. The summed E-state index contributed by atoms with van der Waals surface area (Å²) in [6, 6.07) is 19.2. The Bertz CT molecular complexity index is 1160. The molecule has 2 heterocycles. The molecule has 1 saturated heterocycles. The summed E-state index contributed by atoms with van der Waals surface area (Å²) < 4.78 is 24.3. The molecule has 0 spiro atoms. The van der Waals surface area contributed by atoms with Gasteiger partial charge in [-0.15, -0.1) is 0 Å². The number of benzene rings is 2. The second kappa shape index (κ2) is 14.3. The van der Waals surface area contributed by atoms with Gasteiger partial charge in [-0.3, -0.25) is 14.5 Å². The molecule has 2 amide bonds. The Hall–Kier alpha value is -3.75. The van der Waals surface area contributed by atoms with Crippen LogP contribution in [0.25, 0.3) is 6.08 Å². The quantitative estimate of drug-likeness (QED) is 0.336. The van der Waals surface area contributed by atoms with Gasteiger partial charge in [-0.1, -0.05) is 42.5 Å². The highest BCUT2D eigenvalue weighted by molar-refractivity contribution is 5.94. The largest absolute Gasteiger partial charge is 0.467 e. The van der Waals surface area contributed by atoms with Crippen LogP contribution in [-0.4, -0.2) is 72.5 Å². The normalized spacial score (nSPS) is 14.0. The molecule has 1 fully saturated rings. The summed E-state index contributed by atoms with van der Waals surface area (Å²) in [6.07, 6.45) is 5.59. The van der Waals surface area contributed by atoms with Crippen LogP contribution in [0.4, 0.5) is 4.39 Å². The minimum atomic E-state index is -0.333. The van der Waals surface area contributed by atoms with E-state index >= 15 is 0 Å². The van der Waals surface area contributed by atoms with Crippen molar-refractivity contribution in [2.75, 3.05) is 45.9 Å². The van der Waals surface area contributed by atoms with Crippen molar-refractivity contribution in [3.63, 3.8) is 0 Å². The van der Waals surface area contributed by atoms with Crippen LogP contribution < -0.4 is 0 Å². The lowest BCUT2D eigenvalue weighted by molar-refractivity contribution is -0.139. The first-order valence-electron chi connectivity index (χ1n) is 12.9. The van der Waals surface area contributed by atoms with E-state index in [0.29, 0.717) is 25.5 Å². The molecule has 2 aromatic carbocycles. The molecule has 38 heavy (non-hydrogen) atoms. The molecule has 1 aromatic heterocycles. The van der Waals surface area contributed by atoms with E-state index in [1.165, 1.54) is 18.2 Å². The number of carbonyl (C=O) groups is 2. The molecule has 4 rings (SSSR count). The fraction of sp³-hybridized carbons (Fsp3) is 0.333. The van der Waals surface area contributed by atoms with Crippen LogP contribution in [0.5, 0.6) is 0 Å². The Morgan fingerprint density at radius 2 is 1.68 bits per heavy atom. The number of amides is 2. The Kier molecular flexibility index (Phi) is 10.2. The lowest BCUT2D eigenvalue weighted by atomic mass is 10.2. The summed E-state index contributed by atoms with van der Waals surface area (Å²) in [5.74, 6) is -0.128. The zero-order chi connectivity index (χ0) is 26.6. The van der Waals surface area contributed by atoms with E-state index in [-0.39, 0.29) is 37.3 Å². The van der Waals surface area contributed by atoms with E-state index < -0.39 is 0 Å². The fourth-order valence-electron chi connectivity index (χ4n) is 4.31. The molecular weight excluding hydrogens is 485 g/mol. The average molecular weight is 520 g/mol. The minimum absolute atomic E-state index is 0.0665. The summed E-state index contributed by atoms with van der Waals surface area (Å²) in [4.78, 5) is 32.3. The molecule has 200 valence electrons. The molecule has 0 saturated carbocycles. The molecule has 1 aliphatic rings. The molecule has 0 radical (unpaired) electrons. The number of furan rings is 1. The van der Waals surface area contributed by atoms with Gasteiger partial charge in [-0.25, -0.2) is 4.39 Å². The van der Waals surface area contributed by atoms with Gasteiger partial charge in [-0.2, -0.15) is 0 Å². The first-order chi connectivity index (χ1) is 18.6. The molecule has 7 nitrogen and oxygen atoms in total. The summed E-state index contributed by atoms with van der Waals surface area (Å²) in [5.41, 5.74) is 1.71. The lowest BCUT2D eigenvalue weighted by Gasteiger charge is -2.29. The van der Waals surface area contributed by atoms with E-state index in [0.717, 1.165) is 37.2 Å². The number of ether oxygens (including phenoxy) is 1. The van der Waals surface area contributed by atoms with Crippen molar-refractivity contribution in [2.45, 2.75) is 19.5 Å². The predicted octanol–water partition coefficient (Wildman–Crippen LogP) is 4.21. The van der Waals surface area contributed by atoms with E-state index in [4.69, 9.17) is 9.15 Å². The summed E-state index contributed by atoms with van der Waals surface area (Å²) >= 11 is 0. The van der Waals surface area contributed by atoms with Crippen LogP contribution in [-0.2, 0) is 27.4 Å². The molecule has 0 aliphatic carbocycles. The Morgan fingerprint density at radius 1 is 0.921 bits per heavy atom. The van der Waals surface area contributed by atoms with Gasteiger partial charge in [0, 0.05) is 38.8 Å². The van der Waals surface area contributed by atoms with Crippen molar-refractivity contribution in [1.82, 2.24) is 14.7 Å². The van der Waals surface area contributed by atoms with Gasteiger partial charge in [0.15, 0.2) is 0 Å². The molecule has 0 bridgehead atoms. The number of halogens is 1. The topological polar surface area (TPSA) is 66.2 Å². The highest BCUT2D eigenvalue weighted by atomic mass is 19.1. The van der Waals surface area contributed by atoms with Gasteiger partial charge in [0.2, 0.25) is 11.8 Å². The Morgan fingerprint density at radius 3 is 2.39 bits per heavy atom. The maximum atomic E-state index is 13.6. The zero-order valence-electron chi connectivity index (χ0n) is 21.5. The van der Waals surface area contributed by atoms with Gasteiger partial charge in [0.05, 0.1) is 26.0 Å². The predicted molar refractivity (Wildman–Crippen MR) is 143 cm³/mol. The van der Waals surface area contributed by atoms with Crippen molar-refractivity contribution in [2.24, 2.45) is 0 Å². The van der Waals surface area contributed by atoms with E-state index in [2.05, 4.69) is 4.90 Å². The molecule has 0 unspecified atom stereocenters. The third-order valence-corrected chi connectivity index (χ3v) is 6.43. The van der Waals surface area contributed by atoms with Crippen LogP contribution >= 0.6 is 0 Å². The van der Waals surface area contributed by atoms with E-state index in [1.54, 1.807) is 46.4 Å². The highest BCUT2D eigenvalue weighted by Crippen LogP contribution is 2.13. The van der Waals surface area contributed by atoms with Crippen molar-refractivity contribution in [3.8, 4) is 0 Å². The van der Waals surface area contributed by atoms with Gasteiger partial charge >= 0.3 is 0 Å². The van der Waals surface area contributed by atoms with Gasteiger partial charge in [0.1, 0.15) is 18.1 Å². The third kappa shape index (κ3) is 8.68. The van der Waals surface area contributed by atoms with Gasteiger partial charge in [0.25, 0.3) is 0 Å². The summed E-state index contributed by atoms with van der Waals surface area (Å²) in [7, 11) is 0. The number of hydrogen-bond donors (Lipinski definition) is 0. The summed E-state index contributed by atoms with van der Waals surface area (Å²) in [6.45, 7) is 4.90. The Balaban J connectivity index is 1.46. The van der Waals surface area contributed by atoms with E-state index in [1.807, 2.05) is 30.3 Å². The van der Waals surface area contributed by atoms with Crippen molar-refractivity contribution in [3.05, 3.63) is 102 Å². The number of nitrogens with zero attached hydrogens (tertiary/aromatic N) is 3. The molecule has 0 atom stereocenters. The van der Waals surface area contributed by atoms with Crippen LogP contribution in [0.1, 0.15) is 23.3 Å². The SMILES string of the molecule is O=C(/C=C/c1ccccc1)N(CCCN1CCOCC1)CC(=O)N(Cc1ccc(F)cc1)Cc1ccco1. The lowest BCUT2D eigenvalue weighted by Crippen LogP contribution is -2.43. The smallest absolute Gasteiger partial charge is 0.247 e. The van der Waals surface area contributed by atoms with Crippen LogP contribution in [0, 0.1) is 5.82 Å². The number of rotatable bonds is 12. The number of carbonyl (C=O) groups excluding carboxylic acids is 2. The maximum Gasteiger partial charge on any atom is 0.247 e. The number of morpholine rings is 1. The molecule has 8 heteroatoms. The van der Waals surface area contributed by atoms with Crippen molar-refractivity contribution >= 4 is 17.9 Å². The standard InChI is InChI=1S/C30H34FN3O4/c31-27-12-9-26(10-13-27)22-34(23-28-8-4-19-38-28)30(36)24-33(16-5-15-32-17-20-37-21-18-32)29(35)14-11-25-6-2-1-3-7-25/h1-4,6-14,19H,5,15-18,20-24H2/b14-11+. The monoisotopic (exact) mass is 519 g/mol. The third-order valence-electron chi connectivity index (χ3n) is 6.43. The van der Waals surface area contributed by atoms with Crippen LogP contribution in [0.2, 0.25) is 0 Å². The zero-order valence-corrected chi connectivity index (χ0v) is 21.5.